The normalized spacial score (nSPS) is 27.8. The molecule has 2 heterocycles. The number of hydrogen-bond donors (Lipinski definition) is 2. The molecule has 0 spiro atoms. The quantitative estimate of drug-likeness (QED) is 0.780. The molecule has 1 saturated heterocycles. The molecule has 0 saturated carbocycles. The molecule has 17 heavy (non-hydrogen) atoms. The second-order valence-electron chi connectivity index (χ2n) is 5.17. The fraction of sp³-hybridized carbons (Fsp3) is 0.571. The Bertz CT molecular complexity index is 397. The zero-order valence-electron chi connectivity index (χ0n) is 10.3. The van der Waals surface area contributed by atoms with Crippen LogP contribution in [0, 0.1) is 5.92 Å². The molecule has 2 N–H and O–H groups in total. The van der Waals surface area contributed by atoms with Crippen LogP contribution in [0.4, 0.5) is 5.69 Å². The van der Waals surface area contributed by atoms with Crippen molar-refractivity contribution in [1.29, 1.82) is 0 Å². The van der Waals surface area contributed by atoms with E-state index in [1.54, 1.807) is 0 Å². The van der Waals surface area contributed by atoms with Crippen molar-refractivity contribution in [1.82, 2.24) is 5.32 Å². The molecule has 0 aromatic heterocycles. The van der Waals surface area contributed by atoms with Crippen LogP contribution in [-0.2, 0) is 0 Å². The maximum atomic E-state index is 5.69. The molecule has 2 aliphatic rings. The van der Waals surface area contributed by atoms with E-state index >= 15 is 0 Å². The first-order valence-electron chi connectivity index (χ1n) is 6.57. The third-order valence-electron chi connectivity index (χ3n) is 3.74. The lowest BCUT2D eigenvalue weighted by Crippen LogP contribution is -2.32. The highest BCUT2D eigenvalue weighted by atomic mass is 16.5. The lowest BCUT2D eigenvalue weighted by Gasteiger charge is -2.29. The smallest absolute Gasteiger partial charge is 0.142 e. The minimum atomic E-state index is 0.502. The second kappa shape index (κ2) is 4.57. The van der Waals surface area contributed by atoms with Crippen LogP contribution in [0.1, 0.15) is 31.4 Å². The van der Waals surface area contributed by atoms with E-state index in [-0.39, 0.29) is 0 Å². The van der Waals surface area contributed by atoms with Crippen LogP contribution in [0.5, 0.6) is 5.75 Å². The van der Waals surface area contributed by atoms with E-state index in [0.717, 1.165) is 37.1 Å². The van der Waals surface area contributed by atoms with Crippen molar-refractivity contribution in [2.24, 2.45) is 5.92 Å². The highest BCUT2D eigenvalue weighted by Crippen LogP contribution is 2.33. The van der Waals surface area contributed by atoms with Crippen LogP contribution in [0.25, 0.3) is 0 Å². The number of piperidine rings is 1. The summed E-state index contributed by atoms with van der Waals surface area (Å²) in [6.45, 7) is 5.11. The van der Waals surface area contributed by atoms with Crippen LogP contribution in [0.2, 0.25) is 0 Å². The van der Waals surface area contributed by atoms with E-state index in [0.29, 0.717) is 6.04 Å². The predicted molar refractivity (Wildman–Crippen MR) is 69.6 cm³/mol. The number of nitrogens with one attached hydrogen (secondary N) is 2. The first kappa shape index (κ1) is 10.9. The zero-order valence-corrected chi connectivity index (χ0v) is 10.3. The molecule has 1 fully saturated rings. The van der Waals surface area contributed by atoms with E-state index < -0.39 is 0 Å². The Morgan fingerprint density at radius 3 is 3.06 bits per heavy atom. The molecule has 92 valence electrons. The summed E-state index contributed by atoms with van der Waals surface area (Å²) in [7, 11) is 0. The highest BCUT2D eigenvalue weighted by Gasteiger charge is 2.20. The summed E-state index contributed by atoms with van der Waals surface area (Å²) in [6.07, 6.45) is 2.54. The number of ether oxygens (including phenoxy) is 1. The topological polar surface area (TPSA) is 33.3 Å². The summed E-state index contributed by atoms with van der Waals surface area (Å²) >= 11 is 0. The fourth-order valence-corrected chi connectivity index (χ4v) is 2.65. The molecule has 2 unspecified atom stereocenters. The molecule has 2 atom stereocenters. The molecule has 3 rings (SSSR count). The van der Waals surface area contributed by atoms with Gasteiger partial charge in [0, 0.05) is 12.6 Å². The molecule has 1 aromatic rings. The molecule has 0 bridgehead atoms. The van der Waals surface area contributed by atoms with Gasteiger partial charge in [-0.05, 0) is 43.0 Å². The van der Waals surface area contributed by atoms with Gasteiger partial charge in [-0.3, -0.25) is 0 Å². The first-order chi connectivity index (χ1) is 8.33. The third-order valence-corrected chi connectivity index (χ3v) is 3.74. The molecular weight excluding hydrogens is 212 g/mol. The van der Waals surface area contributed by atoms with Gasteiger partial charge in [0.05, 0.1) is 5.69 Å². The van der Waals surface area contributed by atoms with Gasteiger partial charge in [-0.2, -0.15) is 0 Å². The third kappa shape index (κ3) is 2.25. The standard InChI is InChI=1S/C14H20N2O/c1-10-2-4-12(16-9-10)11-3-5-13-14(8-11)17-7-6-15-13/h3,5,8,10,12,15-16H,2,4,6-7,9H2,1H3. The molecule has 3 heteroatoms. The van der Waals surface area contributed by atoms with Gasteiger partial charge in [-0.25, -0.2) is 0 Å². The van der Waals surface area contributed by atoms with Gasteiger partial charge >= 0.3 is 0 Å². The van der Waals surface area contributed by atoms with Crippen LogP contribution in [0.3, 0.4) is 0 Å². The largest absolute Gasteiger partial charge is 0.490 e. The minimum absolute atomic E-state index is 0.502. The summed E-state index contributed by atoms with van der Waals surface area (Å²) in [6, 6.07) is 7.05. The van der Waals surface area contributed by atoms with E-state index in [9.17, 15) is 0 Å². The van der Waals surface area contributed by atoms with Crippen molar-refractivity contribution in [2.75, 3.05) is 25.0 Å². The van der Waals surface area contributed by atoms with Crippen molar-refractivity contribution in [2.45, 2.75) is 25.8 Å². The summed E-state index contributed by atoms with van der Waals surface area (Å²) in [4.78, 5) is 0. The number of benzene rings is 1. The Morgan fingerprint density at radius 2 is 2.24 bits per heavy atom. The lowest BCUT2D eigenvalue weighted by molar-refractivity contribution is 0.317. The predicted octanol–water partition coefficient (Wildman–Crippen LogP) is 2.55. The lowest BCUT2D eigenvalue weighted by atomic mass is 9.92. The Labute approximate surface area is 103 Å². The van der Waals surface area contributed by atoms with Crippen molar-refractivity contribution >= 4 is 5.69 Å². The van der Waals surface area contributed by atoms with Gasteiger partial charge in [0.25, 0.3) is 0 Å². The number of rotatable bonds is 1. The number of hydrogen-bond acceptors (Lipinski definition) is 3. The SMILES string of the molecule is CC1CCC(c2ccc3c(c2)OCCN3)NC1. The van der Waals surface area contributed by atoms with E-state index in [1.165, 1.54) is 18.4 Å². The Morgan fingerprint density at radius 1 is 1.29 bits per heavy atom. The summed E-state index contributed by atoms with van der Waals surface area (Å²) < 4.78 is 5.69. The molecule has 0 radical (unpaired) electrons. The number of anilines is 1. The van der Waals surface area contributed by atoms with Gasteiger partial charge < -0.3 is 15.4 Å². The van der Waals surface area contributed by atoms with Gasteiger partial charge in [-0.15, -0.1) is 0 Å². The number of fused-ring (bicyclic) bond motifs is 1. The Hall–Kier alpha value is -1.22. The van der Waals surface area contributed by atoms with Crippen LogP contribution in [0.15, 0.2) is 18.2 Å². The second-order valence-corrected chi connectivity index (χ2v) is 5.17. The monoisotopic (exact) mass is 232 g/mol. The molecule has 3 nitrogen and oxygen atoms in total. The fourth-order valence-electron chi connectivity index (χ4n) is 2.65. The molecule has 0 amide bonds. The minimum Gasteiger partial charge on any atom is -0.490 e. The summed E-state index contributed by atoms with van der Waals surface area (Å²) in [5, 5.41) is 6.97. The zero-order chi connectivity index (χ0) is 11.7. The molecule has 1 aromatic carbocycles. The van der Waals surface area contributed by atoms with Gasteiger partial charge in [0.1, 0.15) is 12.4 Å². The van der Waals surface area contributed by atoms with E-state index in [1.807, 2.05) is 0 Å². The van der Waals surface area contributed by atoms with Crippen molar-refractivity contribution in [3.05, 3.63) is 23.8 Å². The molecule has 2 aliphatic heterocycles. The maximum Gasteiger partial charge on any atom is 0.142 e. The van der Waals surface area contributed by atoms with Crippen LogP contribution < -0.4 is 15.4 Å². The van der Waals surface area contributed by atoms with E-state index in [2.05, 4.69) is 35.8 Å². The Balaban J connectivity index is 1.79. The van der Waals surface area contributed by atoms with Crippen molar-refractivity contribution in [3.8, 4) is 5.75 Å². The van der Waals surface area contributed by atoms with Gasteiger partial charge in [-0.1, -0.05) is 13.0 Å². The molecule has 0 aliphatic carbocycles. The van der Waals surface area contributed by atoms with Crippen LogP contribution in [-0.4, -0.2) is 19.7 Å². The van der Waals surface area contributed by atoms with Gasteiger partial charge in [0.2, 0.25) is 0 Å². The van der Waals surface area contributed by atoms with Crippen LogP contribution >= 0.6 is 0 Å². The average Bonchev–Trinajstić information content (AvgIpc) is 2.39. The van der Waals surface area contributed by atoms with Crippen molar-refractivity contribution in [3.63, 3.8) is 0 Å². The maximum absolute atomic E-state index is 5.69. The molecular formula is C14H20N2O. The van der Waals surface area contributed by atoms with Crippen molar-refractivity contribution < 1.29 is 4.74 Å². The van der Waals surface area contributed by atoms with E-state index in [4.69, 9.17) is 4.74 Å². The Kier molecular flexibility index (Phi) is 2.93. The van der Waals surface area contributed by atoms with Gasteiger partial charge in [0.15, 0.2) is 0 Å². The first-order valence-corrected chi connectivity index (χ1v) is 6.57. The summed E-state index contributed by atoms with van der Waals surface area (Å²) in [5.41, 5.74) is 2.49. The highest BCUT2D eigenvalue weighted by molar-refractivity contribution is 5.59. The average molecular weight is 232 g/mol. The summed E-state index contributed by atoms with van der Waals surface area (Å²) in [5.74, 6) is 1.82.